The van der Waals surface area contributed by atoms with Crippen molar-refractivity contribution in [2.75, 3.05) is 27.1 Å². The Bertz CT molecular complexity index is 1010. The van der Waals surface area contributed by atoms with Gasteiger partial charge in [-0.3, -0.25) is 9.59 Å². The quantitative estimate of drug-likeness (QED) is 0.442. The van der Waals surface area contributed by atoms with E-state index in [0.29, 0.717) is 13.0 Å². The van der Waals surface area contributed by atoms with E-state index in [-0.39, 0.29) is 36.1 Å². The van der Waals surface area contributed by atoms with Gasteiger partial charge in [-0.05, 0) is 18.9 Å². The molecule has 1 aromatic carbocycles. The van der Waals surface area contributed by atoms with Gasteiger partial charge < -0.3 is 29.0 Å². The molecule has 1 aromatic heterocycles. The Morgan fingerprint density at radius 1 is 1.20 bits per heavy atom. The first-order chi connectivity index (χ1) is 16.9. The fraction of sp³-hybridized carbons (Fsp3) is 0.440. The number of carbonyl (C=O) groups excluding carboxylic acids is 3. The standard InChI is InChI=1S/C25H30N2O8/c1-16-19(13-18-7-5-4-6-8-18)14-32-12-10-20(25(30)35-16)27-24(29)22-23(34-15-33-17(2)28)21(31-3)9-11-26-22/h4-9,11,16,19-20H,10,12-15H2,1-3H3,(H,27,29)/t16-,19+,20-/m0/s1. The van der Waals surface area contributed by atoms with E-state index in [0.717, 1.165) is 5.56 Å². The highest BCUT2D eigenvalue weighted by atomic mass is 16.7. The third-order valence-electron chi connectivity index (χ3n) is 5.55. The van der Waals surface area contributed by atoms with Crippen LogP contribution in [0.1, 0.15) is 36.3 Å². The molecule has 0 saturated carbocycles. The van der Waals surface area contributed by atoms with Crippen LogP contribution in [-0.4, -0.2) is 62.1 Å². The van der Waals surface area contributed by atoms with Crippen LogP contribution in [0.25, 0.3) is 0 Å². The Labute approximate surface area is 203 Å². The summed E-state index contributed by atoms with van der Waals surface area (Å²) in [6.07, 6.45) is 1.87. The minimum absolute atomic E-state index is 0.0160. The summed E-state index contributed by atoms with van der Waals surface area (Å²) >= 11 is 0. The van der Waals surface area contributed by atoms with Gasteiger partial charge in [0, 0.05) is 38.1 Å². The number of amides is 1. The van der Waals surface area contributed by atoms with Crippen LogP contribution in [0.15, 0.2) is 42.6 Å². The van der Waals surface area contributed by atoms with Gasteiger partial charge in [0.1, 0.15) is 12.1 Å². The molecular weight excluding hydrogens is 456 g/mol. The van der Waals surface area contributed by atoms with E-state index < -0.39 is 36.8 Å². The Hall–Kier alpha value is -3.66. The summed E-state index contributed by atoms with van der Waals surface area (Å²) in [6.45, 7) is 3.31. The normalized spacial score (nSPS) is 20.4. The molecule has 2 heterocycles. The summed E-state index contributed by atoms with van der Waals surface area (Å²) in [5, 5.41) is 2.66. The lowest BCUT2D eigenvalue weighted by molar-refractivity contribution is -0.153. The number of nitrogens with one attached hydrogen (secondary N) is 1. The van der Waals surface area contributed by atoms with E-state index in [1.54, 1.807) is 0 Å². The molecular formula is C25H30N2O8. The summed E-state index contributed by atoms with van der Waals surface area (Å²) in [4.78, 5) is 41.1. The molecule has 0 unspecified atom stereocenters. The lowest BCUT2D eigenvalue weighted by Crippen LogP contribution is -2.44. The van der Waals surface area contributed by atoms with E-state index in [2.05, 4.69) is 10.3 Å². The van der Waals surface area contributed by atoms with Crippen LogP contribution in [0.3, 0.4) is 0 Å². The van der Waals surface area contributed by atoms with E-state index in [4.69, 9.17) is 23.7 Å². The lowest BCUT2D eigenvalue weighted by Gasteiger charge is -2.24. The molecule has 0 radical (unpaired) electrons. The summed E-state index contributed by atoms with van der Waals surface area (Å²) in [5.41, 5.74) is 0.999. The monoisotopic (exact) mass is 486 g/mol. The Morgan fingerprint density at radius 3 is 2.69 bits per heavy atom. The number of benzene rings is 1. The van der Waals surface area contributed by atoms with Gasteiger partial charge in [-0.2, -0.15) is 0 Å². The first-order valence-electron chi connectivity index (χ1n) is 11.3. The maximum absolute atomic E-state index is 13.1. The van der Waals surface area contributed by atoms with Crippen molar-refractivity contribution < 1.29 is 38.1 Å². The Morgan fingerprint density at radius 2 is 1.97 bits per heavy atom. The third-order valence-corrected chi connectivity index (χ3v) is 5.55. The summed E-state index contributed by atoms with van der Waals surface area (Å²) in [7, 11) is 1.40. The highest BCUT2D eigenvalue weighted by molar-refractivity contribution is 5.98. The van der Waals surface area contributed by atoms with Crippen LogP contribution >= 0.6 is 0 Å². The zero-order valence-corrected chi connectivity index (χ0v) is 20.0. The Balaban J connectivity index is 1.70. The summed E-state index contributed by atoms with van der Waals surface area (Å²) in [6, 6.07) is 10.5. The van der Waals surface area contributed by atoms with Crippen molar-refractivity contribution in [2.45, 2.75) is 38.8 Å². The van der Waals surface area contributed by atoms with Crippen molar-refractivity contribution in [3.05, 3.63) is 53.9 Å². The van der Waals surface area contributed by atoms with Gasteiger partial charge in [-0.25, -0.2) is 9.78 Å². The van der Waals surface area contributed by atoms with Gasteiger partial charge in [-0.15, -0.1) is 0 Å². The number of methoxy groups -OCH3 is 1. The predicted molar refractivity (Wildman–Crippen MR) is 124 cm³/mol. The molecule has 1 N–H and O–H groups in total. The lowest BCUT2D eigenvalue weighted by atomic mass is 9.95. The number of rotatable bonds is 8. The molecule has 1 aliphatic rings. The zero-order chi connectivity index (χ0) is 25.2. The number of nitrogens with zero attached hydrogens (tertiary/aromatic N) is 1. The molecule has 0 bridgehead atoms. The first kappa shape index (κ1) is 26.0. The molecule has 10 nitrogen and oxygen atoms in total. The van der Waals surface area contributed by atoms with Gasteiger partial charge in [-0.1, -0.05) is 30.3 Å². The molecule has 3 rings (SSSR count). The van der Waals surface area contributed by atoms with E-state index in [1.807, 2.05) is 37.3 Å². The van der Waals surface area contributed by atoms with Gasteiger partial charge in [0.15, 0.2) is 17.2 Å². The summed E-state index contributed by atoms with van der Waals surface area (Å²) in [5.74, 6) is -1.60. The van der Waals surface area contributed by atoms with E-state index in [1.165, 1.54) is 26.3 Å². The number of cyclic esters (lactones) is 1. The SMILES string of the molecule is COc1ccnc(C(=O)N[C@H]2CCOC[C@@H](Cc3ccccc3)[C@H](C)OC2=O)c1OCOC(C)=O. The highest BCUT2D eigenvalue weighted by Crippen LogP contribution is 2.29. The van der Waals surface area contributed by atoms with Crippen molar-refractivity contribution in [2.24, 2.45) is 5.92 Å². The minimum Gasteiger partial charge on any atom is -0.493 e. The molecule has 1 fully saturated rings. The molecule has 1 saturated heterocycles. The van der Waals surface area contributed by atoms with E-state index >= 15 is 0 Å². The summed E-state index contributed by atoms with van der Waals surface area (Å²) < 4.78 is 27.0. The van der Waals surface area contributed by atoms with Crippen molar-refractivity contribution in [3.63, 3.8) is 0 Å². The number of ether oxygens (including phenoxy) is 5. The van der Waals surface area contributed by atoms with Crippen molar-refractivity contribution in [1.29, 1.82) is 0 Å². The number of esters is 2. The molecule has 2 aromatic rings. The number of hydrogen-bond donors (Lipinski definition) is 1. The number of pyridine rings is 1. The second-order valence-electron chi connectivity index (χ2n) is 8.07. The topological polar surface area (TPSA) is 122 Å². The molecule has 188 valence electrons. The third kappa shape index (κ3) is 7.41. The van der Waals surface area contributed by atoms with Crippen LogP contribution < -0.4 is 14.8 Å². The maximum atomic E-state index is 13.1. The van der Waals surface area contributed by atoms with Gasteiger partial charge in [0.25, 0.3) is 5.91 Å². The predicted octanol–water partition coefficient (Wildman–Crippen LogP) is 2.30. The molecule has 35 heavy (non-hydrogen) atoms. The van der Waals surface area contributed by atoms with Crippen LogP contribution in [0.4, 0.5) is 0 Å². The fourth-order valence-corrected chi connectivity index (χ4v) is 3.61. The Kier molecular flexibility index (Phi) is 9.42. The van der Waals surface area contributed by atoms with Crippen molar-refractivity contribution in [3.8, 4) is 11.5 Å². The molecule has 1 aliphatic heterocycles. The molecule has 0 aliphatic carbocycles. The second-order valence-corrected chi connectivity index (χ2v) is 8.07. The van der Waals surface area contributed by atoms with Gasteiger partial charge in [0.2, 0.25) is 6.79 Å². The second kappa shape index (κ2) is 12.7. The first-order valence-corrected chi connectivity index (χ1v) is 11.3. The van der Waals surface area contributed by atoms with Crippen LogP contribution in [-0.2, 0) is 30.2 Å². The maximum Gasteiger partial charge on any atom is 0.329 e. The average molecular weight is 487 g/mol. The van der Waals surface area contributed by atoms with Crippen molar-refractivity contribution >= 4 is 17.8 Å². The number of aromatic nitrogens is 1. The van der Waals surface area contributed by atoms with Gasteiger partial charge >= 0.3 is 11.9 Å². The van der Waals surface area contributed by atoms with Crippen LogP contribution in [0.5, 0.6) is 11.5 Å². The highest BCUT2D eigenvalue weighted by Gasteiger charge is 2.31. The number of carbonyl (C=O) groups is 3. The molecule has 0 spiro atoms. The largest absolute Gasteiger partial charge is 0.493 e. The zero-order valence-electron chi connectivity index (χ0n) is 20.0. The average Bonchev–Trinajstić information content (AvgIpc) is 2.90. The molecule has 3 atom stereocenters. The van der Waals surface area contributed by atoms with E-state index in [9.17, 15) is 14.4 Å². The van der Waals surface area contributed by atoms with Crippen LogP contribution in [0.2, 0.25) is 0 Å². The van der Waals surface area contributed by atoms with Crippen molar-refractivity contribution in [1.82, 2.24) is 10.3 Å². The van der Waals surface area contributed by atoms with Crippen LogP contribution in [0, 0.1) is 5.92 Å². The minimum atomic E-state index is -0.949. The smallest absolute Gasteiger partial charge is 0.329 e. The number of hydrogen-bond acceptors (Lipinski definition) is 9. The molecule has 10 heteroatoms. The van der Waals surface area contributed by atoms with Gasteiger partial charge in [0.05, 0.1) is 13.7 Å². The fourth-order valence-electron chi connectivity index (χ4n) is 3.61. The molecule has 1 amide bonds.